The molecule has 0 radical (unpaired) electrons. The van der Waals surface area contributed by atoms with Crippen LogP contribution in [0.15, 0.2) is 11.1 Å². The Morgan fingerprint density at radius 2 is 2.07 bits per heavy atom. The molecule has 2 saturated heterocycles. The molecule has 7 heteroatoms. The van der Waals surface area contributed by atoms with Crippen LogP contribution in [0.4, 0.5) is 0 Å². The topological polar surface area (TPSA) is 91.5 Å². The van der Waals surface area contributed by atoms with Gasteiger partial charge in [0.15, 0.2) is 0 Å². The van der Waals surface area contributed by atoms with Crippen LogP contribution in [-0.2, 0) is 14.3 Å². The van der Waals surface area contributed by atoms with Crippen LogP contribution in [0.5, 0.6) is 0 Å². The molecule has 0 aromatic carbocycles. The van der Waals surface area contributed by atoms with Gasteiger partial charge >= 0.3 is 0 Å². The second-order valence-electron chi connectivity index (χ2n) is 8.30. The van der Waals surface area contributed by atoms with E-state index >= 15 is 0 Å². The van der Waals surface area contributed by atoms with E-state index < -0.39 is 0 Å². The van der Waals surface area contributed by atoms with Gasteiger partial charge in [0.05, 0.1) is 6.42 Å². The van der Waals surface area contributed by atoms with Crippen molar-refractivity contribution in [3.63, 3.8) is 0 Å². The average Bonchev–Trinajstić information content (AvgIpc) is 2.65. The van der Waals surface area contributed by atoms with E-state index in [2.05, 4.69) is 28.2 Å². The second kappa shape index (κ2) is 8.71. The number of amides is 2. The van der Waals surface area contributed by atoms with Crippen molar-refractivity contribution in [2.24, 2.45) is 11.8 Å². The lowest BCUT2D eigenvalue weighted by molar-refractivity contribution is -0.125. The van der Waals surface area contributed by atoms with Crippen molar-refractivity contribution in [2.75, 3.05) is 20.2 Å². The van der Waals surface area contributed by atoms with Crippen molar-refractivity contribution in [1.29, 1.82) is 0 Å². The van der Waals surface area contributed by atoms with Crippen LogP contribution in [0, 0.1) is 11.8 Å². The molecule has 3 aliphatic rings. The summed E-state index contributed by atoms with van der Waals surface area (Å²) in [5.41, 5.74) is 1.70. The summed E-state index contributed by atoms with van der Waals surface area (Å²) in [7, 11) is 1.71. The number of hydrogen-bond donors (Lipinski definition) is 4. The fraction of sp³-hybridized carbons (Fsp3) is 0.800. The van der Waals surface area contributed by atoms with Crippen molar-refractivity contribution in [3.05, 3.63) is 11.1 Å². The van der Waals surface area contributed by atoms with Crippen molar-refractivity contribution in [2.45, 2.75) is 70.8 Å². The zero-order chi connectivity index (χ0) is 19.6. The van der Waals surface area contributed by atoms with E-state index in [4.69, 9.17) is 4.74 Å². The molecular weight excluding hydrogens is 344 g/mol. The van der Waals surface area contributed by atoms with Gasteiger partial charge in [-0.05, 0) is 52.5 Å². The van der Waals surface area contributed by atoms with Crippen LogP contribution in [-0.4, -0.2) is 56.4 Å². The molecule has 7 nitrogen and oxygen atoms in total. The van der Waals surface area contributed by atoms with Crippen LogP contribution in [0.1, 0.15) is 46.5 Å². The first-order chi connectivity index (χ1) is 12.9. The Bertz CT molecular complexity index is 598. The van der Waals surface area contributed by atoms with Crippen molar-refractivity contribution in [3.8, 4) is 0 Å². The van der Waals surface area contributed by atoms with Gasteiger partial charge in [0.25, 0.3) is 0 Å². The average molecular weight is 379 g/mol. The summed E-state index contributed by atoms with van der Waals surface area (Å²) in [6.07, 6.45) is 3.16. The summed E-state index contributed by atoms with van der Waals surface area (Å²) in [5.74, 6) is 0.497. The van der Waals surface area contributed by atoms with Crippen LogP contribution in [0.2, 0.25) is 0 Å². The highest BCUT2D eigenvalue weighted by Gasteiger charge is 2.39. The monoisotopic (exact) mass is 378 g/mol. The SMILES string of the molecule is COC1CCC(C(C)NC(=O)CC2=C(C)C3C(C)NCCC3NC2=O)CN1. The highest BCUT2D eigenvalue weighted by Crippen LogP contribution is 2.32. The van der Waals surface area contributed by atoms with Gasteiger partial charge in [-0.1, -0.05) is 5.57 Å². The zero-order valence-electron chi connectivity index (χ0n) is 16.9. The Labute approximate surface area is 162 Å². The summed E-state index contributed by atoms with van der Waals surface area (Å²) >= 11 is 0. The molecule has 4 N–H and O–H groups in total. The third kappa shape index (κ3) is 4.52. The molecule has 27 heavy (non-hydrogen) atoms. The first kappa shape index (κ1) is 20.3. The minimum atomic E-state index is -0.0760. The van der Waals surface area contributed by atoms with Crippen molar-refractivity contribution in [1.82, 2.24) is 21.3 Å². The molecule has 0 aromatic rings. The third-order valence-electron chi connectivity index (χ3n) is 6.59. The van der Waals surface area contributed by atoms with Gasteiger partial charge < -0.3 is 20.7 Å². The van der Waals surface area contributed by atoms with E-state index in [1.54, 1.807) is 7.11 Å². The Kier molecular flexibility index (Phi) is 6.55. The fourth-order valence-corrected chi connectivity index (χ4v) is 4.88. The minimum absolute atomic E-state index is 0.0679. The molecule has 3 aliphatic heterocycles. The number of rotatable bonds is 5. The van der Waals surface area contributed by atoms with Gasteiger partial charge in [-0.2, -0.15) is 0 Å². The molecule has 152 valence electrons. The van der Waals surface area contributed by atoms with Crippen LogP contribution >= 0.6 is 0 Å². The summed E-state index contributed by atoms with van der Waals surface area (Å²) in [4.78, 5) is 25.2. The van der Waals surface area contributed by atoms with Crippen molar-refractivity contribution < 1.29 is 14.3 Å². The Morgan fingerprint density at radius 3 is 2.74 bits per heavy atom. The lowest BCUT2D eigenvalue weighted by Crippen LogP contribution is -2.57. The lowest BCUT2D eigenvalue weighted by atomic mass is 9.76. The van der Waals surface area contributed by atoms with Crippen molar-refractivity contribution >= 4 is 11.8 Å². The highest BCUT2D eigenvalue weighted by atomic mass is 16.5. The first-order valence-corrected chi connectivity index (χ1v) is 10.2. The Balaban J connectivity index is 1.59. The van der Waals surface area contributed by atoms with E-state index in [1.165, 1.54) is 0 Å². The summed E-state index contributed by atoms with van der Waals surface area (Å²) < 4.78 is 5.32. The quantitative estimate of drug-likeness (QED) is 0.564. The number of nitrogens with one attached hydrogen (secondary N) is 4. The predicted molar refractivity (Wildman–Crippen MR) is 104 cm³/mol. The normalized spacial score (nSPS) is 35.3. The number of fused-ring (bicyclic) bond motifs is 1. The highest BCUT2D eigenvalue weighted by molar-refractivity contribution is 6.00. The van der Waals surface area contributed by atoms with Gasteiger partial charge in [-0.15, -0.1) is 0 Å². The molecule has 3 heterocycles. The first-order valence-electron chi connectivity index (χ1n) is 10.2. The number of methoxy groups -OCH3 is 1. The molecule has 0 saturated carbocycles. The smallest absolute Gasteiger partial charge is 0.247 e. The number of carbonyl (C=O) groups excluding carboxylic acids is 2. The maximum Gasteiger partial charge on any atom is 0.247 e. The predicted octanol–water partition coefficient (Wildman–Crippen LogP) is 0.666. The van der Waals surface area contributed by atoms with Gasteiger partial charge in [-0.3, -0.25) is 14.9 Å². The van der Waals surface area contributed by atoms with Gasteiger partial charge in [0, 0.05) is 43.3 Å². The summed E-state index contributed by atoms with van der Waals surface area (Å²) in [6.45, 7) is 7.96. The Hall–Kier alpha value is -1.44. The molecule has 6 unspecified atom stereocenters. The van der Waals surface area contributed by atoms with E-state index in [9.17, 15) is 9.59 Å². The zero-order valence-corrected chi connectivity index (χ0v) is 16.9. The van der Waals surface area contributed by atoms with E-state index in [0.29, 0.717) is 17.5 Å². The Morgan fingerprint density at radius 1 is 1.30 bits per heavy atom. The molecule has 0 spiro atoms. The van der Waals surface area contributed by atoms with Crippen LogP contribution < -0.4 is 21.3 Å². The number of ether oxygens (including phenoxy) is 1. The summed E-state index contributed by atoms with van der Waals surface area (Å²) in [6, 6.07) is 0.559. The number of piperidine rings is 2. The fourth-order valence-electron chi connectivity index (χ4n) is 4.88. The molecule has 6 atom stereocenters. The number of carbonyl (C=O) groups is 2. The summed E-state index contributed by atoms with van der Waals surface area (Å²) in [5, 5.41) is 13.1. The third-order valence-corrected chi connectivity index (χ3v) is 6.59. The standard InChI is InChI=1S/C20H34N4O3/c1-11-15(20(26)24-16-7-8-21-13(3)19(11)16)9-17(25)23-12(2)14-5-6-18(27-4)22-10-14/h12-14,16,18-19,21-22H,5-10H2,1-4H3,(H,23,25)(H,24,26). The van der Waals surface area contributed by atoms with Gasteiger partial charge in [0.1, 0.15) is 6.23 Å². The minimum Gasteiger partial charge on any atom is -0.367 e. The molecular formula is C20H34N4O3. The van der Waals surface area contributed by atoms with E-state index in [-0.39, 0.29) is 42.5 Å². The van der Waals surface area contributed by atoms with Gasteiger partial charge in [0.2, 0.25) is 11.8 Å². The van der Waals surface area contributed by atoms with E-state index in [0.717, 1.165) is 37.9 Å². The second-order valence-corrected chi connectivity index (χ2v) is 8.30. The molecule has 0 bridgehead atoms. The number of hydrogen-bond acceptors (Lipinski definition) is 5. The van der Waals surface area contributed by atoms with Crippen LogP contribution in [0.25, 0.3) is 0 Å². The van der Waals surface area contributed by atoms with Gasteiger partial charge in [-0.25, -0.2) is 0 Å². The molecule has 0 aliphatic carbocycles. The maximum absolute atomic E-state index is 12.6. The lowest BCUT2D eigenvalue weighted by Gasteiger charge is -2.42. The molecule has 3 rings (SSSR count). The molecule has 2 fully saturated rings. The van der Waals surface area contributed by atoms with Crippen LogP contribution in [0.3, 0.4) is 0 Å². The maximum atomic E-state index is 12.6. The largest absolute Gasteiger partial charge is 0.367 e. The molecule has 0 aromatic heterocycles. The van der Waals surface area contributed by atoms with E-state index in [1.807, 2.05) is 13.8 Å². The molecule has 2 amide bonds.